The van der Waals surface area contributed by atoms with Crippen LogP contribution in [0.15, 0.2) is 18.2 Å². The van der Waals surface area contributed by atoms with E-state index in [0.717, 1.165) is 20.5 Å². The lowest BCUT2D eigenvalue weighted by molar-refractivity contribution is -0.173. The van der Waals surface area contributed by atoms with Crippen molar-refractivity contribution in [3.8, 4) is 0 Å². The Morgan fingerprint density at radius 2 is 2.00 bits per heavy atom. The van der Waals surface area contributed by atoms with Gasteiger partial charge in [-0.05, 0) is 19.1 Å². The number of benzene rings is 1. The first-order chi connectivity index (χ1) is 9.88. The van der Waals surface area contributed by atoms with Crippen molar-refractivity contribution in [3.05, 3.63) is 34.9 Å². The van der Waals surface area contributed by atoms with Crippen LogP contribution in [0, 0.1) is 0 Å². The maximum Gasteiger partial charge on any atom is 0.382 e. The SMILES string of the molecule is CBCc1ccc(C(=O)OC)c(C(F)(F)C(=O)OCC)c1. The number of ether oxygens (including phenoxy) is 2. The highest BCUT2D eigenvalue weighted by Crippen LogP contribution is 2.33. The van der Waals surface area contributed by atoms with Gasteiger partial charge in [-0.1, -0.05) is 24.8 Å². The van der Waals surface area contributed by atoms with Gasteiger partial charge in [-0.25, -0.2) is 9.59 Å². The van der Waals surface area contributed by atoms with Gasteiger partial charge in [0.15, 0.2) is 0 Å². The summed E-state index contributed by atoms with van der Waals surface area (Å²) in [5.74, 6) is -6.50. The third-order valence-electron chi connectivity index (χ3n) is 2.90. The molecule has 0 N–H and O–H groups in total. The fourth-order valence-electron chi connectivity index (χ4n) is 1.92. The molecule has 1 aromatic rings. The van der Waals surface area contributed by atoms with E-state index in [9.17, 15) is 18.4 Å². The third-order valence-corrected chi connectivity index (χ3v) is 2.90. The zero-order valence-electron chi connectivity index (χ0n) is 12.2. The van der Waals surface area contributed by atoms with Crippen molar-refractivity contribution in [1.82, 2.24) is 0 Å². The van der Waals surface area contributed by atoms with E-state index in [2.05, 4.69) is 9.47 Å². The lowest BCUT2D eigenvalue weighted by Gasteiger charge is -2.18. The molecular weight excluding hydrogens is 281 g/mol. The zero-order chi connectivity index (χ0) is 16.0. The first kappa shape index (κ1) is 17.1. The Bertz CT molecular complexity index is 532. The normalized spacial score (nSPS) is 10.9. The molecule has 0 amide bonds. The van der Waals surface area contributed by atoms with Crippen LogP contribution in [0.3, 0.4) is 0 Å². The highest BCUT2D eigenvalue weighted by atomic mass is 19.3. The molecule has 1 aromatic carbocycles. The van der Waals surface area contributed by atoms with E-state index in [-0.39, 0.29) is 12.2 Å². The minimum Gasteiger partial charge on any atom is -0.465 e. The Morgan fingerprint density at radius 1 is 1.33 bits per heavy atom. The lowest BCUT2D eigenvalue weighted by atomic mass is 9.74. The molecule has 0 aliphatic carbocycles. The molecule has 7 heteroatoms. The molecule has 0 aromatic heterocycles. The van der Waals surface area contributed by atoms with Crippen LogP contribution in [0.5, 0.6) is 0 Å². The van der Waals surface area contributed by atoms with E-state index in [4.69, 9.17) is 0 Å². The third kappa shape index (κ3) is 3.80. The molecule has 21 heavy (non-hydrogen) atoms. The second-order valence-electron chi connectivity index (χ2n) is 4.42. The van der Waals surface area contributed by atoms with Crippen LogP contribution in [-0.2, 0) is 26.5 Å². The van der Waals surface area contributed by atoms with Crippen LogP contribution in [0.25, 0.3) is 0 Å². The number of rotatable bonds is 6. The Balaban J connectivity index is 3.37. The van der Waals surface area contributed by atoms with Gasteiger partial charge in [-0.15, -0.1) is 0 Å². The Hall–Kier alpha value is -1.92. The van der Waals surface area contributed by atoms with Crippen LogP contribution in [0.4, 0.5) is 8.78 Å². The summed E-state index contributed by atoms with van der Waals surface area (Å²) < 4.78 is 37.3. The second-order valence-corrected chi connectivity index (χ2v) is 4.42. The monoisotopic (exact) mass is 298 g/mol. The lowest BCUT2D eigenvalue weighted by Crippen LogP contribution is -2.30. The summed E-state index contributed by atoms with van der Waals surface area (Å²) in [4.78, 5) is 23.1. The molecule has 0 saturated heterocycles. The molecule has 0 saturated carbocycles. The molecule has 0 unspecified atom stereocenters. The van der Waals surface area contributed by atoms with Gasteiger partial charge in [-0.2, -0.15) is 8.78 Å². The highest BCUT2D eigenvalue weighted by Gasteiger charge is 2.45. The number of esters is 2. The number of carbonyl (C=O) groups excluding carboxylic acids is 2. The highest BCUT2D eigenvalue weighted by molar-refractivity contribution is 6.32. The molecule has 0 aliphatic heterocycles. The minimum atomic E-state index is -3.90. The number of alkyl halides is 2. The van der Waals surface area contributed by atoms with Gasteiger partial charge >= 0.3 is 17.9 Å². The van der Waals surface area contributed by atoms with Gasteiger partial charge in [0.2, 0.25) is 0 Å². The molecule has 1 rings (SSSR count). The summed E-state index contributed by atoms with van der Waals surface area (Å²) in [7, 11) is 1.84. The van der Waals surface area contributed by atoms with Gasteiger partial charge < -0.3 is 9.47 Å². The predicted molar refractivity (Wildman–Crippen MR) is 75.0 cm³/mol. The van der Waals surface area contributed by atoms with Crippen LogP contribution < -0.4 is 0 Å². The van der Waals surface area contributed by atoms with E-state index in [1.807, 2.05) is 6.82 Å². The van der Waals surface area contributed by atoms with Gasteiger partial charge in [0.25, 0.3) is 0 Å². The summed E-state index contributed by atoms with van der Waals surface area (Å²) in [5, 5.41) is 0. The van der Waals surface area contributed by atoms with E-state index in [1.54, 1.807) is 6.07 Å². The molecule has 0 bridgehead atoms. The number of hydrogen-bond donors (Lipinski definition) is 0. The molecule has 114 valence electrons. The zero-order valence-corrected chi connectivity index (χ0v) is 12.2. The van der Waals surface area contributed by atoms with Crippen LogP contribution in [0.1, 0.15) is 28.4 Å². The summed E-state index contributed by atoms with van der Waals surface area (Å²) in [5.41, 5.74) is -0.404. The molecule has 0 aliphatic rings. The van der Waals surface area contributed by atoms with Crippen molar-refractivity contribution in [2.24, 2.45) is 0 Å². The van der Waals surface area contributed by atoms with E-state index in [0.29, 0.717) is 11.9 Å². The molecule has 0 fully saturated rings. The van der Waals surface area contributed by atoms with Crippen molar-refractivity contribution < 1.29 is 27.8 Å². The summed E-state index contributed by atoms with van der Waals surface area (Å²) in [6, 6.07) is 3.98. The average Bonchev–Trinajstić information content (AvgIpc) is 2.47. The van der Waals surface area contributed by atoms with Crippen LogP contribution in [0.2, 0.25) is 6.82 Å². The van der Waals surface area contributed by atoms with Crippen molar-refractivity contribution >= 4 is 19.2 Å². The second kappa shape index (κ2) is 7.20. The Morgan fingerprint density at radius 3 is 2.52 bits per heavy atom. The Labute approximate surface area is 122 Å². The summed E-state index contributed by atoms with van der Waals surface area (Å²) >= 11 is 0. The van der Waals surface area contributed by atoms with E-state index in [1.165, 1.54) is 13.0 Å². The van der Waals surface area contributed by atoms with Gasteiger partial charge in [0.1, 0.15) is 7.28 Å². The molecule has 0 radical (unpaired) electrons. The van der Waals surface area contributed by atoms with Gasteiger partial charge in [-0.3, -0.25) is 0 Å². The van der Waals surface area contributed by atoms with Crippen molar-refractivity contribution in [2.75, 3.05) is 13.7 Å². The van der Waals surface area contributed by atoms with Crippen molar-refractivity contribution in [1.29, 1.82) is 0 Å². The number of halogens is 2. The maximum absolute atomic E-state index is 14.2. The topological polar surface area (TPSA) is 52.6 Å². The number of hydrogen-bond acceptors (Lipinski definition) is 4. The average molecular weight is 298 g/mol. The molecule has 4 nitrogen and oxygen atoms in total. The van der Waals surface area contributed by atoms with Crippen LogP contribution >= 0.6 is 0 Å². The predicted octanol–water partition coefficient (Wildman–Crippen LogP) is 2.11. The molecule has 0 atom stereocenters. The fraction of sp³-hybridized carbons (Fsp3) is 0.429. The smallest absolute Gasteiger partial charge is 0.382 e. The van der Waals surface area contributed by atoms with Crippen molar-refractivity contribution in [3.63, 3.8) is 0 Å². The van der Waals surface area contributed by atoms with Gasteiger partial charge in [0, 0.05) is 5.56 Å². The van der Waals surface area contributed by atoms with Crippen LogP contribution in [-0.4, -0.2) is 32.9 Å². The first-order valence-electron chi connectivity index (χ1n) is 6.65. The largest absolute Gasteiger partial charge is 0.465 e. The van der Waals surface area contributed by atoms with Gasteiger partial charge in [0.05, 0.1) is 19.3 Å². The first-order valence-corrected chi connectivity index (χ1v) is 6.65. The molecule has 0 spiro atoms. The standard InChI is InChI=1S/C14H17BF2O4/c1-4-21-13(19)14(16,17)11-7-9(8-15-2)5-6-10(11)12(18)20-3/h5-7,15H,4,8H2,1-3H3. The Kier molecular flexibility index (Phi) is 5.87. The summed E-state index contributed by atoms with van der Waals surface area (Å²) in [6.45, 7) is 3.16. The van der Waals surface area contributed by atoms with E-state index >= 15 is 0 Å². The minimum absolute atomic E-state index is 0.170. The quantitative estimate of drug-likeness (QED) is 0.596. The van der Waals surface area contributed by atoms with Crippen molar-refractivity contribution in [2.45, 2.75) is 26.0 Å². The molecule has 0 heterocycles. The fourth-order valence-corrected chi connectivity index (χ4v) is 1.92. The maximum atomic E-state index is 14.2. The number of methoxy groups -OCH3 is 1. The van der Waals surface area contributed by atoms with E-state index < -0.39 is 23.4 Å². The summed E-state index contributed by atoms with van der Waals surface area (Å²) in [6.07, 6.45) is 0.563. The number of carbonyl (C=O) groups is 2. The molecular formula is C14H17BF2O4.